The van der Waals surface area contributed by atoms with E-state index in [0.717, 1.165) is 55.7 Å². The minimum Gasteiger partial charge on any atom is -0.310 e. The molecule has 2 nitrogen and oxygen atoms in total. The largest absolute Gasteiger partial charge is 0.310 e. The van der Waals surface area contributed by atoms with E-state index in [-0.39, 0.29) is 5.82 Å². The van der Waals surface area contributed by atoms with E-state index in [1.807, 2.05) is 26.0 Å². The molecular weight excluding hydrogens is 251 g/mol. The lowest BCUT2D eigenvalue weighted by atomic mass is 10.0. The number of terminal acetylenes is 1. The van der Waals surface area contributed by atoms with Crippen LogP contribution < -0.4 is 5.32 Å². The van der Waals surface area contributed by atoms with E-state index in [4.69, 9.17) is 6.42 Å². The van der Waals surface area contributed by atoms with E-state index in [9.17, 15) is 4.39 Å². The Bertz CT molecular complexity index is 473. The van der Waals surface area contributed by atoms with Crippen molar-refractivity contribution in [3.8, 4) is 12.3 Å². The van der Waals surface area contributed by atoms with Crippen LogP contribution in [-0.2, 0) is 6.54 Å². The van der Waals surface area contributed by atoms with Crippen molar-refractivity contribution in [1.29, 1.82) is 0 Å². The smallest absolute Gasteiger partial charge is 0.129 e. The normalized spacial score (nSPS) is 17.1. The molecular formula is C17H23FN2. The number of halogens is 1. The van der Waals surface area contributed by atoms with Gasteiger partial charge in [-0.2, -0.15) is 0 Å². The monoisotopic (exact) mass is 274 g/mol. The molecule has 20 heavy (non-hydrogen) atoms. The highest BCUT2D eigenvalue weighted by Crippen LogP contribution is 2.16. The summed E-state index contributed by atoms with van der Waals surface area (Å²) in [4.78, 5) is 2.31. The van der Waals surface area contributed by atoms with Crippen LogP contribution in [0.25, 0.3) is 0 Å². The van der Waals surface area contributed by atoms with Crippen LogP contribution in [0.5, 0.6) is 0 Å². The summed E-state index contributed by atoms with van der Waals surface area (Å²) in [6, 6.07) is 4.40. The third kappa shape index (κ3) is 3.82. The van der Waals surface area contributed by atoms with Crippen molar-refractivity contribution >= 4 is 0 Å². The van der Waals surface area contributed by atoms with Crippen molar-refractivity contribution in [2.75, 3.05) is 19.6 Å². The molecule has 1 heterocycles. The summed E-state index contributed by atoms with van der Waals surface area (Å²) in [7, 11) is 0. The maximum Gasteiger partial charge on any atom is 0.129 e. The number of nitrogens with zero attached hydrogens (tertiary/aromatic N) is 1. The topological polar surface area (TPSA) is 15.3 Å². The summed E-state index contributed by atoms with van der Waals surface area (Å²) >= 11 is 0. The van der Waals surface area contributed by atoms with Gasteiger partial charge in [-0.15, -0.1) is 6.42 Å². The van der Waals surface area contributed by atoms with Crippen LogP contribution in [0.3, 0.4) is 0 Å². The highest BCUT2D eigenvalue weighted by Gasteiger charge is 2.17. The second kappa shape index (κ2) is 6.88. The zero-order valence-electron chi connectivity index (χ0n) is 12.4. The zero-order valence-corrected chi connectivity index (χ0v) is 12.4. The fourth-order valence-electron chi connectivity index (χ4n) is 2.82. The van der Waals surface area contributed by atoms with E-state index in [2.05, 4.69) is 16.1 Å². The number of rotatable bonds is 4. The Hall–Kier alpha value is -1.37. The molecule has 0 atom stereocenters. The molecule has 0 radical (unpaired) electrons. The molecule has 1 N–H and O–H groups in total. The third-order valence-corrected chi connectivity index (χ3v) is 3.99. The second-order valence-corrected chi connectivity index (χ2v) is 5.68. The molecule has 0 saturated carbocycles. The maximum absolute atomic E-state index is 13.6. The molecule has 1 saturated heterocycles. The number of aryl methyl sites for hydroxylation is 2. The molecule has 1 fully saturated rings. The molecule has 3 heteroatoms. The first-order chi connectivity index (χ1) is 9.60. The number of nitrogens with one attached hydrogen (secondary N) is 1. The molecule has 0 spiro atoms. The number of hydrogen-bond donors (Lipinski definition) is 1. The summed E-state index contributed by atoms with van der Waals surface area (Å²) in [6.45, 7) is 7.33. The molecule has 2 rings (SSSR count). The second-order valence-electron chi connectivity index (χ2n) is 5.68. The summed E-state index contributed by atoms with van der Waals surface area (Å²) in [5.41, 5.74) is 2.61. The lowest BCUT2D eigenvalue weighted by Gasteiger charge is -2.31. The lowest BCUT2D eigenvalue weighted by Crippen LogP contribution is -2.42. The van der Waals surface area contributed by atoms with Gasteiger partial charge in [0.15, 0.2) is 0 Å². The van der Waals surface area contributed by atoms with Gasteiger partial charge in [0, 0.05) is 25.7 Å². The van der Waals surface area contributed by atoms with Crippen molar-refractivity contribution in [2.24, 2.45) is 0 Å². The predicted octanol–water partition coefficient (Wildman–Crippen LogP) is 2.63. The molecule has 108 valence electrons. The highest BCUT2D eigenvalue weighted by molar-refractivity contribution is 5.30. The Morgan fingerprint density at radius 1 is 1.30 bits per heavy atom. The molecule has 0 unspecified atom stereocenters. The van der Waals surface area contributed by atoms with Crippen LogP contribution in [0.15, 0.2) is 12.1 Å². The summed E-state index contributed by atoms with van der Waals surface area (Å²) < 4.78 is 13.6. The van der Waals surface area contributed by atoms with Gasteiger partial charge in [-0.1, -0.05) is 18.1 Å². The Kier molecular flexibility index (Phi) is 5.17. The summed E-state index contributed by atoms with van der Waals surface area (Å²) in [5.74, 6) is 2.61. The van der Waals surface area contributed by atoms with E-state index >= 15 is 0 Å². The standard InChI is InChI=1S/C17H23FN2/c1-4-7-20-8-5-16(6-9-20)19-12-15-10-13(2)17(18)14(3)11-15/h1,10-11,16,19H,5-9,12H2,2-3H3. The van der Waals surface area contributed by atoms with Crippen LogP contribution in [-0.4, -0.2) is 30.6 Å². The van der Waals surface area contributed by atoms with Gasteiger partial charge >= 0.3 is 0 Å². The molecule has 0 aromatic heterocycles. The van der Waals surface area contributed by atoms with Crippen LogP contribution in [0.2, 0.25) is 0 Å². The molecule has 0 bridgehead atoms. The van der Waals surface area contributed by atoms with Crippen molar-refractivity contribution in [3.05, 3.63) is 34.6 Å². The van der Waals surface area contributed by atoms with E-state index in [1.165, 1.54) is 0 Å². The highest BCUT2D eigenvalue weighted by atomic mass is 19.1. The quantitative estimate of drug-likeness (QED) is 0.849. The molecule has 1 aliphatic heterocycles. The van der Waals surface area contributed by atoms with E-state index in [0.29, 0.717) is 6.04 Å². The minimum absolute atomic E-state index is 0.0867. The van der Waals surface area contributed by atoms with Crippen molar-refractivity contribution in [2.45, 2.75) is 39.3 Å². The zero-order chi connectivity index (χ0) is 14.5. The average molecular weight is 274 g/mol. The molecule has 1 aliphatic rings. The van der Waals surface area contributed by atoms with Crippen LogP contribution in [0.4, 0.5) is 4.39 Å². The Morgan fingerprint density at radius 2 is 1.90 bits per heavy atom. The first-order valence-electron chi connectivity index (χ1n) is 7.25. The van der Waals surface area contributed by atoms with Gasteiger partial charge in [0.25, 0.3) is 0 Å². The van der Waals surface area contributed by atoms with Crippen LogP contribution in [0, 0.1) is 32.0 Å². The Labute approximate surface area is 121 Å². The van der Waals surface area contributed by atoms with E-state index in [1.54, 1.807) is 0 Å². The fourth-order valence-corrected chi connectivity index (χ4v) is 2.82. The van der Waals surface area contributed by atoms with Gasteiger partial charge in [0.2, 0.25) is 0 Å². The number of hydrogen-bond acceptors (Lipinski definition) is 2. The average Bonchev–Trinajstić information content (AvgIpc) is 2.44. The van der Waals surface area contributed by atoms with Gasteiger partial charge in [-0.3, -0.25) is 4.90 Å². The van der Waals surface area contributed by atoms with Gasteiger partial charge in [0.05, 0.1) is 6.54 Å². The summed E-state index contributed by atoms with van der Waals surface area (Å²) in [5, 5.41) is 3.57. The SMILES string of the molecule is C#CCN1CCC(NCc2cc(C)c(F)c(C)c2)CC1. The van der Waals surface area contributed by atoms with Gasteiger partial charge < -0.3 is 5.32 Å². The third-order valence-electron chi connectivity index (χ3n) is 3.99. The predicted molar refractivity (Wildman–Crippen MR) is 81.0 cm³/mol. The molecule has 1 aromatic rings. The van der Waals surface area contributed by atoms with Gasteiger partial charge in [-0.25, -0.2) is 4.39 Å². The fraction of sp³-hybridized carbons (Fsp3) is 0.529. The Morgan fingerprint density at radius 3 is 2.45 bits per heavy atom. The summed E-state index contributed by atoms with van der Waals surface area (Å²) in [6.07, 6.45) is 7.58. The van der Waals surface area contributed by atoms with Crippen molar-refractivity contribution in [1.82, 2.24) is 10.2 Å². The lowest BCUT2D eigenvalue weighted by molar-refractivity contribution is 0.217. The van der Waals surface area contributed by atoms with Crippen molar-refractivity contribution < 1.29 is 4.39 Å². The molecule has 1 aromatic carbocycles. The van der Waals surface area contributed by atoms with Crippen molar-refractivity contribution in [3.63, 3.8) is 0 Å². The number of piperidine rings is 1. The first kappa shape index (κ1) is 15.0. The number of benzene rings is 1. The van der Waals surface area contributed by atoms with Gasteiger partial charge in [-0.05, 0) is 43.4 Å². The van der Waals surface area contributed by atoms with Gasteiger partial charge in [0.1, 0.15) is 5.82 Å². The Balaban J connectivity index is 1.83. The van der Waals surface area contributed by atoms with Crippen LogP contribution >= 0.6 is 0 Å². The van der Waals surface area contributed by atoms with Crippen LogP contribution in [0.1, 0.15) is 29.5 Å². The molecule has 0 amide bonds. The minimum atomic E-state index is -0.0867. The number of likely N-dealkylation sites (tertiary alicyclic amines) is 1. The molecule has 0 aliphatic carbocycles. The first-order valence-corrected chi connectivity index (χ1v) is 7.25. The maximum atomic E-state index is 13.6. The van der Waals surface area contributed by atoms with E-state index < -0.39 is 0 Å².